The number of likely N-dealkylation sites (tertiary alicyclic amines) is 1. The molecule has 1 fully saturated rings. The van der Waals surface area contributed by atoms with Crippen LogP contribution >= 0.6 is 0 Å². The van der Waals surface area contributed by atoms with Crippen molar-refractivity contribution in [1.82, 2.24) is 19.0 Å². The summed E-state index contributed by atoms with van der Waals surface area (Å²) in [5, 5.41) is 1.30. The molecule has 6 nitrogen and oxygen atoms in total. The van der Waals surface area contributed by atoms with Gasteiger partial charge in [-0.3, -0.25) is 4.79 Å². The van der Waals surface area contributed by atoms with E-state index in [1.54, 1.807) is 25.6 Å². The lowest BCUT2D eigenvalue weighted by molar-refractivity contribution is 0.104. The Balaban J connectivity index is 1.23. The van der Waals surface area contributed by atoms with Gasteiger partial charge in [0.15, 0.2) is 5.78 Å². The molecule has 4 aromatic rings. The summed E-state index contributed by atoms with van der Waals surface area (Å²) >= 11 is 0. The van der Waals surface area contributed by atoms with Gasteiger partial charge in [0.2, 0.25) is 0 Å². The van der Waals surface area contributed by atoms with E-state index in [4.69, 9.17) is 4.74 Å². The summed E-state index contributed by atoms with van der Waals surface area (Å²) in [4.78, 5) is 19.4. The number of fused-ring (bicyclic) bond motifs is 1. The molecule has 0 bridgehead atoms. The third-order valence-electron chi connectivity index (χ3n) is 6.83. The van der Waals surface area contributed by atoms with Gasteiger partial charge >= 0.3 is 0 Å². The fourth-order valence-corrected chi connectivity index (χ4v) is 4.91. The molecular weight excluding hydrogens is 424 g/mol. The van der Waals surface area contributed by atoms with Gasteiger partial charge in [-0.15, -0.1) is 0 Å². The Morgan fingerprint density at radius 2 is 1.91 bits per heavy atom. The number of carbonyl (C=O) groups excluding carboxylic acids is 1. The number of ether oxygens (including phenoxy) is 1. The summed E-state index contributed by atoms with van der Waals surface area (Å²) < 4.78 is 9.77. The van der Waals surface area contributed by atoms with Crippen molar-refractivity contribution in [2.45, 2.75) is 25.7 Å². The Morgan fingerprint density at radius 3 is 2.62 bits per heavy atom. The number of ketones is 1. The zero-order chi connectivity index (χ0) is 23.7. The molecule has 1 aliphatic rings. The minimum atomic E-state index is -0.0255. The third kappa shape index (κ3) is 4.23. The van der Waals surface area contributed by atoms with Crippen LogP contribution in [0.3, 0.4) is 0 Å². The maximum atomic E-state index is 12.8. The molecule has 1 aliphatic heterocycles. The van der Waals surface area contributed by atoms with Crippen molar-refractivity contribution in [3.8, 4) is 11.4 Å². The Bertz CT molecular complexity index is 1360. The van der Waals surface area contributed by atoms with Crippen LogP contribution in [0.4, 0.5) is 0 Å². The number of nitrogens with zero attached hydrogens (tertiary/aromatic N) is 4. The lowest BCUT2D eigenvalue weighted by atomic mass is 9.93. The minimum absolute atomic E-state index is 0.0255. The number of hydrogen-bond acceptors (Lipinski definition) is 4. The molecule has 0 aliphatic carbocycles. The summed E-state index contributed by atoms with van der Waals surface area (Å²) in [6.07, 6.45) is 9.45. The number of aromatic nitrogens is 3. The molecule has 0 unspecified atom stereocenters. The molecule has 0 saturated carbocycles. The maximum Gasteiger partial charge on any atom is 0.187 e. The van der Waals surface area contributed by atoms with Gasteiger partial charge < -0.3 is 18.8 Å². The van der Waals surface area contributed by atoms with Gasteiger partial charge in [-0.25, -0.2) is 4.98 Å². The molecule has 2 aromatic heterocycles. The molecule has 1 saturated heterocycles. The molecule has 0 spiro atoms. The van der Waals surface area contributed by atoms with Crippen molar-refractivity contribution < 1.29 is 9.53 Å². The van der Waals surface area contributed by atoms with Gasteiger partial charge in [0.1, 0.15) is 5.75 Å². The number of rotatable bonds is 6. The highest BCUT2D eigenvalue weighted by atomic mass is 16.5. The maximum absolute atomic E-state index is 12.8. The molecule has 0 atom stereocenters. The summed E-state index contributed by atoms with van der Waals surface area (Å²) in [7, 11) is 3.78. The van der Waals surface area contributed by atoms with Crippen molar-refractivity contribution in [1.29, 1.82) is 0 Å². The first kappa shape index (κ1) is 22.0. The summed E-state index contributed by atoms with van der Waals surface area (Å²) in [6, 6.07) is 16.4. The van der Waals surface area contributed by atoms with E-state index in [-0.39, 0.29) is 5.78 Å². The second-order valence-corrected chi connectivity index (χ2v) is 8.99. The normalized spacial score (nSPS) is 14.9. The van der Waals surface area contributed by atoms with Crippen molar-refractivity contribution in [2.75, 3.05) is 20.2 Å². The zero-order valence-corrected chi connectivity index (χ0v) is 19.9. The topological polar surface area (TPSA) is 52.3 Å². The standard InChI is InChI=1S/C28H30N4O2/c1-20-18-32(19-29-20)25-9-8-23(17-28(25)34-3)27(33)12-15-31-13-10-21(11-14-31)26-16-22-6-4-5-7-24(22)30(26)2/h4-9,12,15-19,21H,10-11,13-14H2,1-3H3. The first-order valence-corrected chi connectivity index (χ1v) is 11.7. The van der Waals surface area contributed by atoms with Crippen LogP contribution in [-0.4, -0.2) is 45.0 Å². The number of carbonyl (C=O) groups is 1. The number of allylic oxidation sites excluding steroid dienone is 1. The third-order valence-corrected chi connectivity index (χ3v) is 6.83. The molecule has 3 heterocycles. The molecule has 0 radical (unpaired) electrons. The molecule has 2 aromatic carbocycles. The fraction of sp³-hybridized carbons (Fsp3) is 0.286. The zero-order valence-electron chi connectivity index (χ0n) is 19.9. The van der Waals surface area contributed by atoms with Gasteiger partial charge in [0.05, 0.1) is 24.8 Å². The van der Waals surface area contributed by atoms with Crippen LogP contribution in [0.1, 0.15) is 40.5 Å². The molecule has 6 heteroatoms. The van der Waals surface area contributed by atoms with E-state index in [2.05, 4.69) is 51.8 Å². The molecule has 174 valence electrons. The first-order chi connectivity index (χ1) is 16.5. The van der Waals surface area contributed by atoms with Crippen molar-refractivity contribution in [3.63, 3.8) is 0 Å². The monoisotopic (exact) mass is 454 g/mol. The van der Waals surface area contributed by atoms with E-state index in [0.29, 0.717) is 17.2 Å². The van der Waals surface area contributed by atoms with Crippen LogP contribution < -0.4 is 4.74 Å². The Kier molecular flexibility index (Phi) is 5.97. The molecule has 5 rings (SSSR count). The Hall–Kier alpha value is -3.80. The highest BCUT2D eigenvalue weighted by molar-refractivity contribution is 6.04. The van der Waals surface area contributed by atoms with E-state index in [0.717, 1.165) is 37.3 Å². The Morgan fingerprint density at radius 1 is 1.12 bits per heavy atom. The van der Waals surface area contributed by atoms with Crippen molar-refractivity contribution >= 4 is 16.7 Å². The van der Waals surface area contributed by atoms with Gasteiger partial charge in [-0.05, 0) is 55.5 Å². The average Bonchev–Trinajstić information content (AvgIpc) is 3.45. The predicted octanol–water partition coefficient (Wildman–Crippen LogP) is 5.26. The number of benzene rings is 2. The Labute approximate surface area is 200 Å². The van der Waals surface area contributed by atoms with Gasteiger partial charge in [0, 0.05) is 61.3 Å². The predicted molar refractivity (Wildman–Crippen MR) is 135 cm³/mol. The van der Waals surface area contributed by atoms with Crippen LogP contribution in [0.2, 0.25) is 0 Å². The summed E-state index contributed by atoms with van der Waals surface area (Å²) in [5.41, 5.74) is 5.09. The van der Waals surface area contributed by atoms with Crippen LogP contribution in [0.25, 0.3) is 16.6 Å². The minimum Gasteiger partial charge on any atom is -0.495 e. The molecular formula is C28H30N4O2. The number of methoxy groups -OCH3 is 1. The largest absolute Gasteiger partial charge is 0.495 e. The molecule has 0 N–H and O–H groups in total. The number of hydrogen-bond donors (Lipinski definition) is 0. The summed E-state index contributed by atoms with van der Waals surface area (Å²) in [6.45, 7) is 3.83. The smallest absolute Gasteiger partial charge is 0.187 e. The van der Waals surface area contributed by atoms with Crippen LogP contribution in [-0.2, 0) is 7.05 Å². The second-order valence-electron chi connectivity index (χ2n) is 8.99. The second kappa shape index (κ2) is 9.21. The van der Waals surface area contributed by atoms with Crippen LogP contribution in [0, 0.1) is 6.92 Å². The van der Waals surface area contributed by atoms with E-state index in [1.165, 1.54) is 16.6 Å². The molecule has 0 amide bonds. The number of imidazole rings is 1. The quantitative estimate of drug-likeness (QED) is 0.295. The van der Waals surface area contributed by atoms with Crippen LogP contribution in [0.5, 0.6) is 5.75 Å². The average molecular weight is 455 g/mol. The van der Waals surface area contributed by atoms with Crippen molar-refractivity contribution in [3.05, 3.63) is 90.3 Å². The number of piperidine rings is 1. The number of aryl methyl sites for hydroxylation is 2. The van der Waals surface area contributed by atoms with E-state index >= 15 is 0 Å². The van der Waals surface area contributed by atoms with E-state index in [1.807, 2.05) is 36.0 Å². The van der Waals surface area contributed by atoms with Crippen molar-refractivity contribution in [2.24, 2.45) is 7.05 Å². The lowest BCUT2D eigenvalue weighted by Gasteiger charge is -2.31. The van der Waals surface area contributed by atoms with E-state index in [9.17, 15) is 4.79 Å². The highest BCUT2D eigenvalue weighted by Crippen LogP contribution is 2.32. The highest BCUT2D eigenvalue weighted by Gasteiger charge is 2.22. The van der Waals surface area contributed by atoms with Gasteiger partial charge in [-0.1, -0.05) is 18.2 Å². The van der Waals surface area contributed by atoms with Gasteiger partial charge in [0.25, 0.3) is 0 Å². The lowest BCUT2D eigenvalue weighted by Crippen LogP contribution is -2.29. The fourth-order valence-electron chi connectivity index (χ4n) is 4.91. The SMILES string of the molecule is COc1cc(C(=O)C=CN2CCC(c3cc4ccccc4n3C)CC2)ccc1-n1cnc(C)c1. The van der Waals surface area contributed by atoms with Crippen LogP contribution in [0.15, 0.2) is 73.3 Å². The number of para-hydroxylation sites is 1. The first-order valence-electron chi connectivity index (χ1n) is 11.7. The molecule has 34 heavy (non-hydrogen) atoms. The summed E-state index contributed by atoms with van der Waals surface area (Å²) in [5.74, 6) is 1.16. The van der Waals surface area contributed by atoms with E-state index < -0.39 is 0 Å². The van der Waals surface area contributed by atoms with Gasteiger partial charge in [-0.2, -0.15) is 0 Å².